The monoisotopic (exact) mass is 633 g/mol. The lowest BCUT2D eigenvalue weighted by molar-refractivity contribution is -0.120. The van der Waals surface area contributed by atoms with Crippen molar-refractivity contribution in [2.45, 2.75) is 24.7 Å². The zero-order chi connectivity index (χ0) is 25.9. The fourth-order valence-corrected chi connectivity index (χ4v) is 6.96. The van der Waals surface area contributed by atoms with Crippen molar-refractivity contribution in [3.05, 3.63) is 86.8 Å². The molecule has 0 saturated carbocycles. The highest BCUT2D eigenvalue weighted by molar-refractivity contribution is 9.11. The summed E-state index contributed by atoms with van der Waals surface area (Å²) in [6.45, 7) is 2.36. The van der Waals surface area contributed by atoms with E-state index < -0.39 is 10.0 Å². The average Bonchev–Trinajstić information content (AvgIpc) is 2.87. The number of aryl methyl sites for hydroxylation is 1. The highest BCUT2D eigenvalue weighted by atomic mass is 79.9. The van der Waals surface area contributed by atoms with E-state index >= 15 is 0 Å². The molecule has 2 amide bonds. The number of benzene rings is 3. The number of nitrogens with one attached hydrogen (secondary N) is 2. The number of rotatable bonds is 6. The van der Waals surface area contributed by atoms with Crippen molar-refractivity contribution in [2.24, 2.45) is 5.92 Å². The number of carbonyl (C=O) groups is 2. The van der Waals surface area contributed by atoms with Gasteiger partial charge in [0.05, 0.1) is 4.90 Å². The van der Waals surface area contributed by atoms with Crippen LogP contribution in [-0.2, 0) is 14.8 Å². The van der Waals surface area contributed by atoms with Crippen LogP contribution in [0.2, 0.25) is 0 Å². The minimum absolute atomic E-state index is 0.181. The smallest absolute Gasteiger partial charge is 0.255 e. The first-order valence-electron chi connectivity index (χ1n) is 11.4. The van der Waals surface area contributed by atoms with E-state index in [0.29, 0.717) is 38.7 Å². The van der Waals surface area contributed by atoms with Gasteiger partial charge >= 0.3 is 0 Å². The van der Waals surface area contributed by atoms with Crippen LogP contribution in [0.1, 0.15) is 28.8 Å². The first kappa shape index (κ1) is 26.5. The first-order valence-corrected chi connectivity index (χ1v) is 14.4. The predicted octanol–water partition coefficient (Wildman–Crippen LogP) is 5.81. The van der Waals surface area contributed by atoms with E-state index in [2.05, 4.69) is 42.5 Å². The number of nitrogens with zero attached hydrogens (tertiary/aromatic N) is 1. The van der Waals surface area contributed by atoms with Crippen LogP contribution in [0.25, 0.3) is 0 Å². The van der Waals surface area contributed by atoms with Crippen molar-refractivity contribution in [3.8, 4) is 0 Å². The number of carbonyl (C=O) groups excluding carboxylic acids is 2. The van der Waals surface area contributed by atoms with E-state index in [9.17, 15) is 18.0 Å². The summed E-state index contributed by atoms with van der Waals surface area (Å²) in [6.07, 6.45) is 0.813. The van der Waals surface area contributed by atoms with Gasteiger partial charge in [0.2, 0.25) is 15.9 Å². The molecule has 3 aromatic carbocycles. The third-order valence-corrected chi connectivity index (χ3v) is 9.51. The van der Waals surface area contributed by atoms with E-state index in [1.54, 1.807) is 48.5 Å². The molecule has 0 bridgehead atoms. The molecule has 0 spiro atoms. The summed E-state index contributed by atoms with van der Waals surface area (Å²) < 4.78 is 28.9. The lowest BCUT2D eigenvalue weighted by Crippen LogP contribution is -2.41. The van der Waals surface area contributed by atoms with Crippen LogP contribution >= 0.6 is 31.9 Å². The van der Waals surface area contributed by atoms with Crippen molar-refractivity contribution in [3.63, 3.8) is 0 Å². The molecular weight excluding hydrogens is 610 g/mol. The van der Waals surface area contributed by atoms with Gasteiger partial charge in [0.15, 0.2) is 0 Å². The fraction of sp³-hybridized carbons (Fsp3) is 0.231. The molecule has 10 heteroatoms. The number of hydrogen-bond acceptors (Lipinski definition) is 4. The summed E-state index contributed by atoms with van der Waals surface area (Å²) in [5, 5.41) is 5.78. The van der Waals surface area contributed by atoms with Gasteiger partial charge in [0.1, 0.15) is 0 Å². The van der Waals surface area contributed by atoms with Gasteiger partial charge in [-0.25, -0.2) is 8.42 Å². The van der Waals surface area contributed by atoms with Gasteiger partial charge in [-0.1, -0.05) is 40.2 Å². The normalized spacial score (nSPS) is 14.9. The number of hydrogen-bond donors (Lipinski definition) is 2. The highest BCUT2D eigenvalue weighted by Gasteiger charge is 2.33. The van der Waals surface area contributed by atoms with Crippen LogP contribution in [-0.4, -0.2) is 37.6 Å². The Balaban J connectivity index is 1.40. The molecule has 7 nitrogen and oxygen atoms in total. The third-order valence-electron chi connectivity index (χ3n) is 6.13. The van der Waals surface area contributed by atoms with Crippen LogP contribution in [0.5, 0.6) is 0 Å². The lowest BCUT2D eigenvalue weighted by Gasteiger charge is -2.31. The van der Waals surface area contributed by atoms with Gasteiger partial charge in [0, 0.05) is 44.9 Å². The van der Waals surface area contributed by atoms with Gasteiger partial charge in [0.25, 0.3) is 5.91 Å². The van der Waals surface area contributed by atoms with Crippen LogP contribution in [0, 0.1) is 12.8 Å². The van der Waals surface area contributed by atoms with E-state index in [1.165, 1.54) is 4.31 Å². The molecule has 0 radical (unpaired) electrons. The molecule has 0 aromatic heterocycles. The maximum atomic E-state index is 13.1. The number of anilines is 2. The predicted molar refractivity (Wildman–Crippen MR) is 148 cm³/mol. The molecule has 1 heterocycles. The second-order valence-corrected chi connectivity index (χ2v) is 12.3. The summed E-state index contributed by atoms with van der Waals surface area (Å²) in [4.78, 5) is 25.9. The van der Waals surface area contributed by atoms with E-state index in [0.717, 1.165) is 5.56 Å². The second-order valence-electron chi connectivity index (χ2n) is 8.59. The Morgan fingerprint density at radius 2 is 1.61 bits per heavy atom. The van der Waals surface area contributed by atoms with Crippen molar-refractivity contribution >= 4 is 65.1 Å². The van der Waals surface area contributed by atoms with Crippen LogP contribution in [0.4, 0.5) is 11.4 Å². The van der Waals surface area contributed by atoms with Gasteiger partial charge in [-0.15, -0.1) is 0 Å². The molecule has 1 saturated heterocycles. The minimum atomic E-state index is -3.69. The van der Waals surface area contributed by atoms with Gasteiger partial charge in [-0.3, -0.25) is 9.59 Å². The molecule has 1 fully saturated rings. The molecular formula is C26H25Br2N3O4S. The Morgan fingerprint density at radius 1 is 0.917 bits per heavy atom. The van der Waals surface area contributed by atoms with Crippen molar-refractivity contribution < 1.29 is 18.0 Å². The molecule has 0 unspecified atom stereocenters. The molecule has 0 aliphatic carbocycles. The first-order chi connectivity index (χ1) is 17.1. The summed E-state index contributed by atoms with van der Waals surface area (Å²) in [7, 11) is -3.69. The van der Waals surface area contributed by atoms with E-state index in [-0.39, 0.29) is 35.7 Å². The van der Waals surface area contributed by atoms with E-state index in [4.69, 9.17) is 0 Å². The van der Waals surface area contributed by atoms with Crippen LogP contribution in [0.3, 0.4) is 0 Å². The largest absolute Gasteiger partial charge is 0.326 e. The van der Waals surface area contributed by atoms with Crippen molar-refractivity contribution in [1.29, 1.82) is 0 Å². The zero-order valence-corrected chi connectivity index (χ0v) is 23.5. The van der Waals surface area contributed by atoms with Gasteiger partial charge < -0.3 is 10.6 Å². The van der Waals surface area contributed by atoms with Crippen molar-refractivity contribution in [2.75, 3.05) is 23.7 Å². The summed E-state index contributed by atoms with van der Waals surface area (Å²) in [5.74, 6) is -0.781. The minimum Gasteiger partial charge on any atom is -0.326 e. The molecule has 0 atom stereocenters. The maximum absolute atomic E-state index is 13.1. The standard InChI is InChI=1S/C26H25Br2N3O4S/c1-17-7-8-19(26(33)29-21-5-3-2-4-6-21)15-23(17)30-25(32)18-11-13-31(14-12-18)36(34,35)24-16-20(27)9-10-22(24)28/h2-10,15-16,18H,11-14H2,1H3,(H,29,33)(H,30,32). The molecule has 188 valence electrons. The average molecular weight is 635 g/mol. The molecule has 1 aliphatic heterocycles. The topological polar surface area (TPSA) is 95.6 Å². The Bertz CT molecular complexity index is 1390. The molecule has 4 rings (SSSR count). The number of sulfonamides is 1. The Labute approximate surface area is 227 Å². The molecule has 2 N–H and O–H groups in total. The van der Waals surface area contributed by atoms with Crippen molar-refractivity contribution in [1.82, 2.24) is 4.31 Å². The lowest BCUT2D eigenvalue weighted by atomic mass is 9.97. The Morgan fingerprint density at radius 3 is 2.31 bits per heavy atom. The Kier molecular flexibility index (Phi) is 8.29. The molecule has 36 heavy (non-hydrogen) atoms. The molecule has 3 aromatic rings. The van der Waals surface area contributed by atoms with Gasteiger partial charge in [-0.05, 0) is 83.7 Å². The van der Waals surface area contributed by atoms with Crippen LogP contribution < -0.4 is 10.6 Å². The van der Waals surface area contributed by atoms with Gasteiger partial charge in [-0.2, -0.15) is 4.31 Å². The number of piperidine rings is 1. The summed E-state index contributed by atoms with van der Waals surface area (Å²) in [5.41, 5.74) is 2.51. The fourth-order valence-electron chi connectivity index (χ4n) is 4.03. The van der Waals surface area contributed by atoms with Crippen LogP contribution in [0.15, 0.2) is 80.6 Å². The number of para-hydroxylation sites is 1. The molecule has 1 aliphatic rings. The zero-order valence-electron chi connectivity index (χ0n) is 19.5. The second kappa shape index (κ2) is 11.2. The number of halogens is 2. The SMILES string of the molecule is Cc1ccc(C(=O)Nc2ccccc2)cc1NC(=O)C1CCN(S(=O)(=O)c2cc(Br)ccc2Br)CC1. The number of amides is 2. The third kappa shape index (κ3) is 6.05. The Hall–Kier alpha value is -2.53. The quantitative estimate of drug-likeness (QED) is 0.358. The summed E-state index contributed by atoms with van der Waals surface area (Å²) >= 11 is 6.65. The van der Waals surface area contributed by atoms with E-state index in [1.807, 2.05) is 25.1 Å². The maximum Gasteiger partial charge on any atom is 0.255 e. The highest BCUT2D eigenvalue weighted by Crippen LogP contribution is 2.31. The summed E-state index contributed by atoms with van der Waals surface area (Å²) in [6, 6.07) is 19.3.